The Morgan fingerprint density at radius 2 is 1.81 bits per heavy atom. The summed E-state index contributed by atoms with van der Waals surface area (Å²) >= 11 is 0. The average molecular weight is 365 g/mol. The Bertz CT molecular complexity index is 932. The highest BCUT2D eigenvalue weighted by Gasteiger charge is 2.38. The number of amides is 1. The Labute approximate surface area is 146 Å². The van der Waals surface area contributed by atoms with Crippen LogP contribution in [0.25, 0.3) is 11.0 Å². The second kappa shape index (κ2) is 6.78. The number of rotatable bonds is 4. The van der Waals surface area contributed by atoms with Crippen LogP contribution in [0.2, 0.25) is 0 Å². The van der Waals surface area contributed by atoms with E-state index in [1.165, 1.54) is 36.4 Å². The second-order valence-corrected chi connectivity index (χ2v) is 5.85. The van der Waals surface area contributed by atoms with Crippen molar-refractivity contribution in [2.45, 2.75) is 25.7 Å². The maximum Gasteiger partial charge on any atom is 0.449 e. The molecule has 0 bridgehead atoms. The third-order valence-electron chi connectivity index (χ3n) is 3.96. The first-order valence-electron chi connectivity index (χ1n) is 7.83. The Kier molecular flexibility index (Phi) is 4.67. The summed E-state index contributed by atoms with van der Waals surface area (Å²) in [6.45, 7) is 1.14. The van der Waals surface area contributed by atoms with Crippen LogP contribution in [0.3, 0.4) is 0 Å². The van der Waals surface area contributed by atoms with Gasteiger partial charge >= 0.3 is 6.18 Å². The first kappa shape index (κ1) is 17.9. The van der Waals surface area contributed by atoms with E-state index >= 15 is 0 Å². The molecule has 2 aromatic carbocycles. The summed E-state index contributed by atoms with van der Waals surface area (Å²) in [5.41, 5.74) is 1.04. The molecule has 1 atom stereocenters. The van der Waals surface area contributed by atoms with Crippen molar-refractivity contribution in [2.75, 3.05) is 0 Å². The van der Waals surface area contributed by atoms with Crippen LogP contribution in [-0.2, 0) is 17.5 Å². The third-order valence-corrected chi connectivity index (χ3v) is 3.96. The summed E-state index contributed by atoms with van der Waals surface area (Å²) in [6, 6.07) is 11.1. The smallest absolute Gasteiger partial charge is 0.348 e. The molecular weight excluding hydrogens is 350 g/mol. The van der Waals surface area contributed by atoms with E-state index in [0.717, 1.165) is 4.57 Å². The number of para-hydroxylation sites is 2. The van der Waals surface area contributed by atoms with Crippen LogP contribution in [-0.4, -0.2) is 15.5 Å². The molecule has 136 valence electrons. The molecule has 26 heavy (non-hydrogen) atoms. The van der Waals surface area contributed by atoms with Crippen molar-refractivity contribution in [3.63, 3.8) is 0 Å². The molecule has 0 fully saturated rings. The van der Waals surface area contributed by atoms with Gasteiger partial charge in [0.05, 0.1) is 17.1 Å². The molecule has 4 nitrogen and oxygen atoms in total. The quantitative estimate of drug-likeness (QED) is 0.709. The maximum absolute atomic E-state index is 13.3. The number of hydrogen-bond acceptors (Lipinski definition) is 2. The minimum atomic E-state index is -4.68. The molecule has 0 spiro atoms. The van der Waals surface area contributed by atoms with E-state index in [1.54, 1.807) is 19.1 Å². The number of benzene rings is 2. The fourth-order valence-electron chi connectivity index (χ4n) is 2.72. The molecule has 1 N–H and O–H groups in total. The highest BCUT2D eigenvalue weighted by molar-refractivity contribution is 5.81. The molecule has 3 rings (SSSR count). The molecule has 3 aromatic rings. The molecule has 1 amide bonds. The Morgan fingerprint density at radius 1 is 1.15 bits per heavy atom. The number of alkyl halides is 3. The highest BCUT2D eigenvalue weighted by atomic mass is 19.4. The van der Waals surface area contributed by atoms with Gasteiger partial charge in [-0.2, -0.15) is 13.2 Å². The number of imidazole rings is 1. The van der Waals surface area contributed by atoms with Gasteiger partial charge in [-0.25, -0.2) is 9.37 Å². The molecule has 0 aliphatic rings. The Hall–Kier alpha value is -2.90. The number of nitrogens with zero attached hydrogens (tertiary/aromatic N) is 2. The van der Waals surface area contributed by atoms with E-state index in [2.05, 4.69) is 10.3 Å². The van der Waals surface area contributed by atoms with Gasteiger partial charge in [0, 0.05) is 0 Å². The van der Waals surface area contributed by atoms with E-state index in [0.29, 0.717) is 5.56 Å². The summed E-state index contributed by atoms with van der Waals surface area (Å²) in [5.74, 6) is -2.13. The minimum absolute atomic E-state index is 0.166. The number of fused-ring (bicyclic) bond motifs is 1. The topological polar surface area (TPSA) is 46.9 Å². The van der Waals surface area contributed by atoms with Gasteiger partial charge in [-0.15, -0.1) is 0 Å². The predicted octanol–water partition coefficient (Wildman–Crippen LogP) is 4.07. The van der Waals surface area contributed by atoms with Crippen molar-refractivity contribution in [3.8, 4) is 0 Å². The number of carbonyl (C=O) groups is 1. The Morgan fingerprint density at radius 3 is 2.46 bits per heavy atom. The van der Waals surface area contributed by atoms with E-state index < -0.39 is 36.3 Å². The lowest BCUT2D eigenvalue weighted by atomic mass is 10.1. The zero-order valence-electron chi connectivity index (χ0n) is 13.7. The van der Waals surface area contributed by atoms with E-state index in [9.17, 15) is 22.4 Å². The molecule has 1 heterocycles. The first-order valence-corrected chi connectivity index (χ1v) is 7.83. The zero-order chi connectivity index (χ0) is 18.9. The second-order valence-electron chi connectivity index (χ2n) is 5.85. The molecule has 8 heteroatoms. The Balaban J connectivity index is 1.84. The number of aromatic nitrogens is 2. The number of hydrogen-bond donors (Lipinski definition) is 1. The lowest BCUT2D eigenvalue weighted by Gasteiger charge is -2.16. The van der Waals surface area contributed by atoms with E-state index in [4.69, 9.17) is 0 Å². The third kappa shape index (κ3) is 3.68. The average Bonchev–Trinajstić information content (AvgIpc) is 2.94. The highest BCUT2D eigenvalue weighted by Crippen LogP contribution is 2.31. The van der Waals surface area contributed by atoms with Gasteiger partial charge in [0.15, 0.2) is 0 Å². The molecule has 1 aromatic heterocycles. The summed E-state index contributed by atoms with van der Waals surface area (Å²) in [5, 5.41) is 2.62. The molecule has 0 saturated heterocycles. The van der Waals surface area contributed by atoms with Crippen LogP contribution >= 0.6 is 0 Å². The predicted molar refractivity (Wildman–Crippen MR) is 87.7 cm³/mol. The van der Waals surface area contributed by atoms with Gasteiger partial charge in [-0.05, 0) is 36.8 Å². The monoisotopic (exact) mass is 365 g/mol. The van der Waals surface area contributed by atoms with Crippen LogP contribution in [0, 0.1) is 5.82 Å². The lowest BCUT2D eigenvalue weighted by molar-refractivity contribution is -0.147. The van der Waals surface area contributed by atoms with Crippen LogP contribution in [0.15, 0.2) is 48.5 Å². The van der Waals surface area contributed by atoms with Crippen molar-refractivity contribution in [2.24, 2.45) is 0 Å². The SMILES string of the molecule is C[C@H](NC(=O)Cn1c(C(F)(F)F)nc2ccccc21)c1ccc(F)cc1. The molecule has 0 aliphatic carbocycles. The van der Waals surface area contributed by atoms with Crippen molar-refractivity contribution in [3.05, 3.63) is 65.7 Å². The largest absolute Gasteiger partial charge is 0.449 e. The molecule has 0 saturated carbocycles. The maximum atomic E-state index is 13.3. The summed E-state index contributed by atoms with van der Waals surface area (Å²) in [7, 11) is 0. The number of halogens is 4. The summed E-state index contributed by atoms with van der Waals surface area (Å²) in [4.78, 5) is 15.9. The van der Waals surface area contributed by atoms with E-state index in [-0.39, 0.29) is 11.0 Å². The lowest BCUT2D eigenvalue weighted by Crippen LogP contribution is -2.31. The molecule has 0 unspecified atom stereocenters. The van der Waals surface area contributed by atoms with Crippen LogP contribution in [0.1, 0.15) is 24.4 Å². The standard InChI is InChI=1S/C18H15F4N3O/c1-11(12-6-8-13(19)9-7-12)23-16(26)10-25-15-5-3-2-4-14(15)24-17(25)18(20,21)22/h2-9,11H,10H2,1H3,(H,23,26)/t11-/m0/s1. The zero-order valence-corrected chi connectivity index (χ0v) is 13.7. The van der Waals surface area contributed by atoms with Gasteiger partial charge in [-0.3, -0.25) is 4.79 Å². The van der Waals surface area contributed by atoms with E-state index in [1.807, 2.05) is 0 Å². The van der Waals surface area contributed by atoms with Crippen molar-refractivity contribution in [1.29, 1.82) is 0 Å². The summed E-state index contributed by atoms with van der Waals surface area (Å²) in [6.07, 6.45) is -4.68. The molecular formula is C18H15F4N3O. The fourth-order valence-corrected chi connectivity index (χ4v) is 2.72. The van der Waals surface area contributed by atoms with Gasteiger partial charge < -0.3 is 9.88 Å². The van der Waals surface area contributed by atoms with Crippen LogP contribution in [0.5, 0.6) is 0 Å². The van der Waals surface area contributed by atoms with Crippen LogP contribution < -0.4 is 5.32 Å². The van der Waals surface area contributed by atoms with Gasteiger partial charge in [0.25, 0.3) is 0 Å². The number of nitrogens with one attached hydrogen (secondary N) is 1. The van der Waals surface area contributed by atoms with Crippen molar-refractivity contribution < 1.29 is 22.4 Å². The first-order chi connectivity index (χ1) is 12.3. The van der Waals surface area contributed by atoms with Crippen molar-refractivity contribution >= 4 is 16.9 Å². The number of carbonyl (C=O) groups excluding carboxylic acids is 1. The molecule has 0 aliphatic heterocycles. The fraction of sp³-hybridized carbons (Fsp3) is 0.222. The van der Waals surface area contributed by atoms with Gasteiger partial charge in [0.1, 0.15) is 12.4 Å². The van der Waals surface area contributed by atoms with Gasteiger partial charge in [0.2, 0.25) is 11.7 Å². The van der Waals surface area contributed by atoms with Gasteiger partial charge in [-0.1, -0.05) is 24.3 Å². The van der Waals surface area contributed by atoms with Crippen molar-refractivity contribution in [1.82, 2.24) is 14.9 Å². The summed E-state index contributed by atoms with van der Waals surface area (Å²) < 4.78 is 53.6. The van der Waals surface area contributed by atoms with Crippen LogP contribution in [0.4, 0.5) is 17.6 Å². The normalized spacial score (nSPS) is 13.0. The molecule has 0 radical (unpaired) electrons. The minimum Gasteiger partial charge on any atom is -0.348 e.